The third kappa shape index (κ3) is 7.78. The average Bonchev–Trinajstić information content (AvgIpc) is 2.55. The minimum atomic E-state index is 0. The van der Waals surface area contributed by atoms with Crippen molar-refractivity contribution in [2.75, 3.05) is 40.0 Å². The standard InChI is InChI=1S/C17H28N4O2.HI/c1-14(13-22-2)20-17(18)19-11-15-3-5-16(6-4-15)12-21-7-9-23-10-8-21;/h3-6,14H,7-13H2,1-2H3,(H3,18,19,20);1H. The van der Waals surface area contributed by atoms with E-state index < -0.39 is 0 Å². The molecule has 1 unspecified atom stereocenters. The maximum atomic E-state index is 5.87. The summed E-state index contributed by atoms with van der Waals surface area (Å²) >= 11 is 0. The van der Waals surface area contributed by atoms with Crippen molar-refractivity contribution >= 4 is 29.9 Å². The summed E-state index contributed by atoms with van der Waals surface area (Å²) in [6.07, 6.45) is 0. The molecule has 0 saturated carbocycles. The molecule has 0 aliphatic carbocycles. The lowest BCUT2D eigenvalue weighted by Gasteiger charge is -2.26. The van der Waals surface area contributed by atoms with E-state index >= 15 is 0 Å². The van der Waals surface area contributed by atoms with Crippen molar-refractivity contribution in [1.82, 2.24) is 10.2 Å². The number of nitrogens with two attached hydrogens (primary N) is 1. The number of nitrogens with one attached hydrogen (secondary N) is 1. The van der Waals surface area contributed by atoms with Crippen LogP contribution in [-0.4, -0.2) is 56.9 Å². The number of methoxy groups -OCH3 is 1. The summed E-state index contributed by atoms with van der Waals surface area (Å²) in [4.78, 5) is 6.78. The Kier molecular flexibility index (Phi) is 10.2. The molecule has 1 atom stereocenters. The van der Waals surface area contributed by atoms with Crippen LogP contribution in [0.1, 0.15) is 18.1 Å². The molecular weight excluding hydrogens is 419 g/mol. The Bertz CT molecular complexity index is 490. The number of guanidine groups is 1. The fraction of sp³-hybridized carbons (Fsp3) is 0.588. The lowest BCUT2D eigenvalue weighted by molar-refractivity contribution is 0.0342. The molecule has 0 aromatic heterocycles. The molecule has 1 aromatic carbocycles. The van der Waals surface area contributed by atoms with Gasteiger partial charge in [-0.05, 0) is 18.1 Å². The molecule has 1 fully saturated rings. The third-order valence-corrected chi connectivity index (χ3v) is 3.78. The van der Waals surface area contributed by atoms with Gasteiger partial charge in [0.05, 0.1) is 26.4 Å². The lowest BCUT2D eigenvalue weighted by atomic mass is 10.1. The SMILES string of the molecule is COCC(C)NC(N)=NCc1ccc(CN2CCOCC2)cc1.I. The van der Waals surface area contributed by atoms with E-state index in [1.165, 1.54) is 5.56 Å². The third-order valence-electron chi connectivity index (χ3n) is 3.78. The number of ether oxygens (including phenoxy) is 2. The zero-order valence-electron chi connectivity index (χ0n) is 14.5. The highest BCUT2D eigenvalue weighted by atomic mass is 127. The fourth-order valence-electron chi connectivity index (χ4n) is 2.53. The van der Waals surface area contributed by atoms with Gasteiger partial charge in [0.25, 0.3) is 0 Å². The van der Waals surface area contributed by atoms with Crippen LogP contribution in [0.15, 0.2) is 29.3 Å². The Morgan fingerprint density at radius 1 is 1.29 bits per heavy atom. The van der Waals surface area contributed by atoms with Crippen LogP contribution in [0, 0.1) is 0 Å². The molecule has 1 aromatic rings. The van der Waals surface area contributed by atoms with Crippen LogP contribution >= 0.6 is 24.0 Å². The molecule has 7 heteroatoms. The van der Waals surface area contributed by atoms with Crippen molar-refractivity contribution < 1.29 is 9.47 Å². The summed E-state index contributed by atoms with van der Waals surface area (Å²) in [6.45, 7) is 7.85. The predicted octanol–water partition coefficient (Wildman–Crippen LogP) is 1.58. The van der Waals surface area contributed by atoms with Gasteiger partial charge in [0.15, 0.2) is 5.96 Å². The second kappa shape index (κ2) is 11.6. The maximum absolute atomic E-state index is 5.87. The first-order valence-electron chi connectivity index (χ1n) is 8.10. The second-order valence-electron chi connectivity index (χ2n) is 5.91. The number of aliphatic imine (C=N–C) groups is 1. The molecule has 0 radical (unpaired) electrons. The topological polar surface area (TPSA) is 72.1 Å². The van der Waals surface area contributed by atoms with E-state index in [1.807, 2.05) is 6.92 Å². The summed E-state index contributed by atoms with van der Waals surface area (Å²) in [5.74, 6) is 0.451. The number of halogens is 1. The molecule has 1 heterocycles. The highest BCUT2D eigenvalue weighted by molar-refractivity contribution is 14.0. The number of rotatable bonds is 7. The second-order valence-corrected chi connectivity index (χ2v) is 5.91. The van der Waals surface area contributed by atoms with Crippen molar-refractivity contribution in [2.45, 2.75) is 26.1 Å². The molecule has 2 rings (SSSR count). The molecule has 1 saturated heterocycles. The van der Waals surface area contributed by atoms with Gasteiger partial charge in [-0.15, -0.1) is 24.0 Å². The van der Waals surface area contributed by atoms with Gasteiger partial charge in [0.2, 0.25) is 0 Å². The highest BCUT2D eigenvalue weighted by Gasteiger charge is 2.10. The predicted molar refractivity (Wildman–Crippen MR) is 108 cm³/mol. The fourth-order valence-corrected chi connectivity index (χ4v) is 2.53. The molecule has 6 nitrogen and oxygen atoms in total. The number of morpholine rings is 1. The number of nitrogens with zero attached hydrogens (tertiary/aromatic N) is 2. The maximum Gasteiger partial charge on any atom is 0.189 e. The molecule has 0 bridgehead atoms. The Morgan fingerprint density at radius 2 is 1.92 bits per heavy atom. The van der Waals surface area contributed by atoms with Crippen molar-refractivity contribution in [3.8, 4) is 0 Å². The summed E-state index contributed by atoms with van der Waals surface area (Å²) in [7, 11) is 1.67. The Hall–Kier alpha value is -0.900. The molecule has 1 aliphatic rings. The zero-order chi connectivity index (χ0) is 16.5. The van der Waals surface area contributed by atoms with Crippen LogP contribution in [0.4, 0.5) is 0 Å². The van der Waals surface area contributed by atoms with Crippen LogP contribution in [0.5, 0.6) is 0 Å². The zero-order valence-corrected chi connectivity index (χ0v) is 16.9. The van der Waals surface area contributed by atoms with E-state index in [-0.39, 0.29) is 30.0 Å². The Morgan fingerprint density at radius 3 is 2.54 bits per heavy atom. The van der Waals surface area contributed by atoms with E-state index in [0.717, 1.165) is 38.4 Å². The van der Waals surface area contributed by atoms with Gasteiger partial charge >= 0.3 is 0 Å². The normalized spacial score (nSPS) is 17.2. The minimum absolute atomic E-state index is 0. The molecule has 1 aliphatic heterocycles. The Balaban J connectivity index is 0.00000288. The van der Waals surface area contributed by atoms with Crippen LogP contribution in [0.25, 0.3) is 0 Å². The quantitative estimate of drug-likeness (QED) is 0.377. The number of hydrogen-bond acceptors (Lipinski definition) is 4. The molecular formula is C17H29IN4O2. The van der Waals surface area contributed by atoms with Gasteiger partial charge in [-0.25, -0.2) is 4.99 Å². The first-order chi connectivity index (χ1) is 11.2. The van der Waals surface area contributed by atoms with E-state index in [1.54, 1.807) is 7.11 Å². The van der Waals surface area contributed by atoms with Gasteiger partial charge in [-0.2, -0.15) is 0 Å². The smallest absolute Gasteiger partial charge is 0.189 e. The van der Waals surface area contributed by atoms with Gasteiger partial charge < -0.3 is 20.5 Å². The summed E-state index contributed by atoms with van der Waals surface area (Å²) in [5.41, 5.74) is 8.34. The molecule has 136 valence electrons. The molecule has 0 spiro atoms. The van der Waals surface area contributed by atoms with E-state index in [2.05, 4.69) is 39.5 Å². The summed E-state index contributed by atoms with van der Waals surface area (Å²) in [6, 6.07) is 8.71. The highest BCUT2D eigenvalue weighted by Crippen LogP contribution is 2.10. The number of hydrogen-bond donors (Lipinski definition) is 2. The van der Waals surface area contributed by atoms with Gasteiger partial charge in [-0.3, -0.25) is 4.90 Å². The van der Waals surface area contributed by atoms with Crippen LogP contribution < -0.4 is 11.1 Å². The largest absolute Gasteiger partial charge is 0.383 e. The first kappa shape index (κ1) is 21.1. The van der Waals surface area contributed by atoms with Crippen LogP contribution in [0.3, 0.4) is 0 Å². The van der Waals surface area contributed by atoms with E-state index in [4.69, 9.17) is 15.2 Å². The van der Waals surface area contributed by atoms with Crippen molar-refractivity contribution in [1.29, 1.82) is 0 Å². The average molecular weight is 448 g/mol. The van der Waals surface area contributed by atoms with Crippen molar-refractivity contribution in [3.05, 3.63) is 35.4 Å². The van der Waals surface area contributed by atoms with Crippen LogP contribution in [0.2, 0.25) is 0 Å². The van der Waals surface area contributed by atoms with Gasteiger partial charge in [-0.1, -0.05) is 24.3 Å². The molecule has 3 N–H and O–H groups in total. The van der Waals surface area contributed by atoms with E-state index in [9.17, 15) is 0 Å². The molecule has 24 heavy (non-hydrogen) atoms. The first-order valence-corrected chi connectivity index (χ1v) is 8.10. The van der Waals surface area contributed by atoms with E-state index in [0.29, 0.717) is 19.1 Å². The minimum Gasteiger partial charge on any atom is -0.383 e. The summed E-state index contributed by atoms with van der Waals surface area (Å²) < 4.78 is 10.4. The number of benzene rings is 1. The van der Waals surface area contributed by atoms with Gasteiger partial charge in [0, 0.05) is 32.8 Å². The van der Waals surface area contributed by atoms with Gasteiger partial charge in [0.1, 0.15) is 0 Å². The Labute approximate surface area is 161 Å². The summed E-state index contributed by atoms with van der Waals surface area (Å²) in [5, 5.41) is 3.10. The monoisotopic (exact) mass is 448 g/mol. The van der Waals surface area contributed by atoms with Crippen molar-refractivity contribution in [2.24, 2.45) is 10.7 Å². The van der Waals surface area contributed by atoms with Crippen LogP contribution in [-0.2, 0) is 22.6 Å². The lowest BCUT2D eigenvalue weighted by Crippen LogP contribution is -2.40. The van der Waals surface area contributed by atoms with Crippen molar-refractivity contribution in [3.63, 3.8) is 0 Å². The molecule has 0 amide bonds.